The monoisotopic (exact) mass is 144 g/mol. The summed E-state index contributed by atoms with van der Waals surface area (Å²) in [5.74, 6) is 0.422. The molecular formula is C6H9FN2O. The third kappa shape index (κ3) is 1.32. The van der Waals surface area contributed by atoms with Crippen molar-refractivity contribution in [1.29, 1.82) is 0 Å². The van der Waals surface area contributed by atoms with Crippen LogP contribution < -0.4 is 0 Å². The van der Waals surface area contributed by atoms with E-state index in [1.54, 1.807) is 6.92 Å². The Morgan fingerprint density at radius 2 is 2.00 bits per heavy atom. The lowest BCUT2D eigenvalue weighted by atomic mass is 10.2. The Morgan fingerprint density at radius 3 is 2.20 bits per heavy atom. The Balaban J connectivity index is 2.96. The van der Waals surface area contributed by atoms with Crippen molar-refractivity contribution in [3.63, 3.8) is 0 Å². The zero-order valence-electron chi connectivity index (χ0n) is 6.18. The Morgan fingerprint density at radius 1 is 1.40 bits per heavy atom. The summed E-state index contributed by atoms with van der Waals surface area (Å²) in [6.07, 6.45) is 0. The van der Waals surface area contributed by atoms with Gasteiger partial charge in [-0.25, -0.2) is 4.39 Å². The molecular weight excluding hydrogens is 135 g/mol. The molecule has 1 heterocycles. The number of aryl methyl sites for hydroxylation is 1. The quantitative estimate of drug-likeness (QED) is 0.600. The first kappa shape index (κ1) is 7.18. The number of aromatic nitrogens is 2. The standard InChI is InChI=1S/C6H9FN2O/c1-4-8-9-5(10-4)6(2,3)7/h1-3H3. The molecule has 56 valence electrons. The highest BCUT2D eigenvalue weighted by molar-refractivity contribution is 4.90. The van der Waals surface area contributed by atoms with Gasteiger partial charge in [0.1, 0.15) is 0 Å². The molecule has 0 saturated heterocycles. The maximum absolute atomic E-state index is 12.9. The second-order valence-corrected chi connectivity index (χ2v) is 2.60. The average Bonchev–Trinajstić information content (AvgIpc) is 2.11. The van der Waals surface area contributed by atoms with Gasteiger partial charge < -0.3 is 4.42 Å². The molecule has 1 aromatic rings. The average molecular weight is 144 g/mol. The molecule has 0 aliphatic heterocycles. The van der Waals surface area contributed by atoms with Gasteiger partial charge in [-0.3, -0.25) is 0 Å². The molecule has 0 saturated carbocycles. The van der Waals surface area contributed by atoms with Crippen molar-refractivity contribution in [2.75, 3.05) is 0 Å². The van der Waals surface area contributed by atoms with E-state index in [1.807, 2.05) is 0 Å². The van der Waals surface area contributed by atoms with Crippen LogP contribution in [0.3, 0.4) is 0 Å². The van der Waals surface area contributed by atoms with E-state index in [0.29, 0.717) is 5.89 Å². The minimum absolute atomic E-state index is 0.0324. The smallest absolute Gasteiger partial charge is 0.252 e. The van der Waals surface area contributed by atoms with Crippen molar-refractivity contribution in [3.05, 3.63) is 11.8 Å². The van der Waals surface area contributed by atoms with Gasteiger partial charge in [0.2, 0.25) is 5.89 Å². The molecule has 0 aliphatic rings. The van der Waals surface area contributed by atoms with Crippen LogP contribution in [0.4, 0.5) is 4.39 Å². The fraction of sp³-hybridized carbons (Fsp3) is 0.667. The van der Waals surface area contributed by atoms with Crippen LogP contribution in [0.5, 0.6) is 0 Å². The van der Waals surface area contributed by atoms with Gasteiger partial charge in [0.25, 0.3) is 5.89 Å². The number of hydrogen-bond donors (Lipinski definition) is 0. The summed E-state index contributed by atoms with van der Waals surface area (Å²) in [5, 5.41) is 7.02. The van der Waals surface area contributed by atoms with Crippen molar-refractivity contribution >= 4 is 0 Å². The lowest BCUT2D eigenvalue weighted by molar-refractivity contribution is 0.168. The highest BCUT2D eigenvalue weighted by Gasteiger charge is 2.25. The summed E-state index contributed by atoms with van der Waals surface area (Å²) in [7, 11) is 0. The third-order valence-electron chi connectivity index (χ3n) is 1.03. The highest BCUT2D eigenvalue weighted by Crippen LogP contribution is 2.22. The molecule has 0 aliphatic carbocycles. The molecule has 10 heavy (non-hydrogen) atoms. The van der Waals surface area contributed by atoms with Crippen LogP contribution in [0.25, 0.3) is 0 Å². The van der Waals surface area contributed by atoms with E-state index in [4.69, 9.17) is 4.42 Å². The number of rotatable bonds is 1. The van der Waals surface area contributed by atoms with Crippen molar-refractivity contribution in [3.8, 4) is 0 Å². The van der Waals surface area contributed by atoms with Crippen LogP contribution in [0.1, 0.15) is 25.6 Å². The largest absolute Gasteiger partial charge is 0.422 e. The van der Waals surface area contributed by atoms with Gasteiger partial charge in [0.05, 0.1) is 0 Å². The summed E-state index contributed by atoms with van der Waals surface area (Å²) in [5.41, 5.74) is -1.53. The minimum Gasteiger partial charge on any atom is -0.422 e. The molecule has 1 aromatic heterocycles. The fourth-order valence-corrected chi connectivity index (χ4v) is 0.537. The van der Waals surface area contributed by atoms with Crippen LogP contribution in [0.2, 0.25) is 0 Å². The number of nitrogens with zero attached hydrogens (tertiary/aromatic N) is 2. The highest BCUT2D eigenvalue weighted by atomic mass is 19.1. The van der Waals surface area contributed by atoms with E-state index in [1.165, 1.54) is 13.8 Å². The molecule has 0 N–H and O–H groups in total. The number of hydrogen-bond acceptors (Lipinski definition) is 3. The Bertz CT molecular complexity index is 226. The van der Waals surface area contributed by atoms with Crippen molar-refractivity contribution < 1.29 is 8.81 Å². The molecule has 0 bridgehead atoms. The summed E-state index contributed by atoms with van der Waals surface area (Å²) in [6.45, 7) is 4.38. The Hall–Kier alpha value is -0.930. The lowest BCUT2D eigenvalue weighted by Crippen LogP contribution is -2.09. The number of halogens is 1. The first-order valence-electron chi connectivity index (χ1n) is 2.99. The van der Waals surface area contributed by atoms with E-state index >= 15 is 0 Å². The van der Waals surface area contributed by atoms with Gasteiger partial charge in [0.15, 0.2) is 5.67 Å². The van der Waals surface area contributed by atoms with Crippen molar-refractivity contribution in [1.82, 2.24) is 10.2 Å². The van der Waals surface area contributed by atoms with E-state index in [2.05, 4.69) is 10.2 Å². The van der Waals surface area contributed by atoms with Gasteiger partial charge in [-0.05, 0) is 13.8 Å². The minimum atomic E-state index is -1.53. The first-order chi connectivity index (χ1) is 4.50. The molecule has 0 amide bonds. The zero-order valence-corrected chi connectivity index (χ0v) is 6.18. The fourth-order valence-electron chi connectivity index (χ4n) is 0.537. The van der Waals surface area contributed by atoms with Crippen LogP contribution in [0.15, 0.2) is 4.42 Å². The Labute approximate surface area is 58.3 Å². The third-order valence-corrected chi connectivity index (χ3v) is 1.03. The van der Waals surface area contributed by atoms with Crippen LogP contribution >= 0.6 is 0 Å². The molecule has 4 heteroatoms. The van der Waals surface area contributed by atoms with Gasteiger partial charge >= 0.3 is 0 Å². The summed E-state index contributed by atoms with van der Waals surface area (Å²) < 4.78 is 17.8. The van der Waals surface area contributed by atoms with Crippen LogP contribution in [0, 0.1) is 6.92 Å². The van der Waals surface area contributed by atoms with Crippen molar-refractivity contribution in [2.45, 2.75) is 26.4 Å². The maximum Gasteiger partial charge on any atom is 0.252 e. The van der Waals surface area contributed by atoms with E-state index < -0.39 is 5.67 Å². The predicted octanol–water partition coefficient (Wildman–Crippen LogP) is 1.58. The lowest BCUT2D eigenvalue weighted by Gasteiger charge is -2.05. The zero-order chi connectivity index (χ0) is 7.78. The van der Waals surface area contributed by atoms with E-state index in [9.17, 15) is 4.39 Å². The summed E-state index contributed by atoms with van der Waals surface area (Å²) in [6, 6.07) is 0. The van der Waals surface area contributed by atoms with Gasteiger partial charge in [-0.2, -0.15) is 0 Å². The molecule has 0 unspecified atom stereocenters. The normalized spacial score (nSPS) is 12.0. The molecule has 0 spiro atoms. The Kier molecular flexibility index (Phi) is 1.46. The first-order valence-corrected chi connectivity index (χ1v) is 2.99. The second-order valence-electron chi connectivity index (χ2n) is 2.60. The second kappa shape index (κ2) is 2.04. The van der Waals surface area contributed by atoms with E-state index in [0.717, 1.165) is 0 Å². The molecule has 0 atom stereocenters. The van der Waals surface area contributed by atoms with E-state index in [-0.39, 0.29) is 5.89 Å². The van der Waals surface area contributed by atoms with Gasteiger partial charge in [-0.15, -0.1) is 10.2 Å². The molecule has 3 nitrogen and oxygen atoms in total. The SMILES string of the molecule is Cc1nnc(C(C)(C)F)o1. The summed E-state index contributed by atoms with van der Waals surface area (Å²) >= 11 is 0. The molecule has 1 rings (SSSR count). The van der Waals surface area contributed by atoms with Crippen LogP contribution in [-0.2, 0) is 5.67 Å². The number of alkyl halides is 1. The molecule has 0 fully saturated rings. The van der Waals surface area contributed by atoms with Crippen LogP contribution in [-0.4, -0.2) is 10.2 Å². The molecule has 0 aromatic carbocycles. The predicted molar refractivity (Wildman–Crippen MR) is 33.2 cm³/mol. The van der Waals surface area contributed by atoms with Crippen molar-refractivity contribution in [2.24, 2.45) is 0 Å². The maximum atomic E-state index is 12.9. The van der Waals surface area contributed by atoms with Gasteiger partial charge in [-0.1, -0.05) is 0 Å². The topological polar surface area (TPSA) is 38.9 Å². The summed E-state index contributed by atoms with van der Waals surface area (Å²) in [4.78, 5) is 0. The van der Waals surface area contributed by atoms with Gasteiger partial charge in [0, 0.05) is 6.92 Å². The molecule has 0 radical (unpaired) electrons.